The number of nitrogens with zero attached hydrogens (tertiary/aromatic N) is 3. The minimum atomic E-state index is -0.812. The van der Waals surface area contributed by atoms with Gasteiger partial charge in [0.25, 0.3) is 0 Å². The fourth-order valence-corrected chi connectivity index (χ4v) is 6.63. The zero-order valence-corrected chi connectivity index (χ0v) is 26.5. The number of benzene rings is 3. The highest BCUT2D eigenvalue weighted by Crippen LogP contribution is 2.42. The Morgan fingerprint density at radius 1 is 1.07 bits per heavy atom. The van der Waals surface area contributed by atoms with Crippen LogP contribution in [0.15, 0.2) is 66.9 Å². The number of nitrogens with one attached hydrogen (secondary N) is 1. The fourth-order valence-electron chi connectivity index (χ4n) is 5.99. The van der Waals surface area contributed by atoms with Crippen LogP contribution in [-0.4, -0.2) is 64.3 Å². The lowest BCUT2D eigenvalue weighted by atomic mass is 10.00. The van der Waals surface area contributed by atoms with Gasteiger partial charge < -0.3 is 25.3 Å². The number of carboxylic acid groups (broad SMARTS) is 1. The second-order valence-electron chi connectivity index (χ2n) is 11.5. The molecule has 0 unspecified atom stereocenters. The first kappa shape index (κ1) is 31.0. The molecule has 1 aliphatic carbocycles. The van der Waals surface area contributed by atoms with Gasteiger partial charge in [-0.1, -0.05) is 48.7 Å². The van der Waals surface area contributed by atoms with E-state index in [1.807, 2.05) is 44.7 Å². The number of hydrogen-bond donors (Lipinski definition) is 3. The summed E-state index contributed by atoms with van der Waals surface area (Å²) in [6.07, 6.45) is 8.46. The van der Waals surface area contributed by atoms with Gasteiger partial charge in [-0.2, -0.15) is 11.8 Å². The van der Waals surface area contributed by atoms with Gasteiger partial charge in [0.05, 0.1) is 28.1 Å². The molecule has 3 N–H and O–H groups in total. The summed E-state index contributed by atoms with van der Waals surface area (Å²) < 4.78 is 0. The molecular formula is C34H39ClN4O3S. The Hall–Kier alpha value is -3.46. The topological polar surface area (TPSA) is 88.9 Å². The number of rotatable bonds is 12. The number of aromatic hydroxyl groups is 1. The van der Waals surface area contributed by atoms with Crippen LogP contribution < -0.4 is 10.2 Å². The molecule has 1 saturated carbocycles. The van der Waals surface area contributed by atoms with Gasteiger partial charge in [-0.25, -0.2) is 4.79 Å². The Balaban J connectivity index is 1.69. The molecule has 0 radical (unpaired) electrons. The van der Waals surface area contributed by atoms with Crippen molar-refractivity contribution in [2.24, 2.45) is 0 Å². The largest absolute Gasteiger partial charge is 0.506 e. The molecule has 1 aromatic heterocycles. The number of halogens is 1. The van der Waals surface area contributed by atoms with Gasteiger partial charge in [0.1, 0.15) is 11.8 Å². The van der Waals surface area contributed by atoms with E-state index in [1.54, 1.807) is 23.9 Å². The lowest BCUT2D eigenvalue weighted by Gasteiger charge is -2.37. The summed E-state index contributed by atoms with van der Waals surface area (Å²) in [6, 6.07) is 19.0. The number of fused-ring (bicyclic) bond motifs is 1. The van der Waals surface area contributed by atoms with Crippen molar-refractivity contribution in [3.63, 3.8) is 0 Å². The van der Waals surface area contributed by atoms with Crippen molar-refractivity contribution in [3.05, 3.63) is 77.4 Å². The van der Waals surface area contributed by atoms with E-state index in [9.17, 15) is 15.0 Å². The summed E-state index contributed by atoms with van der Waals surface area (Å²) in [4.78, 5) is 21.9. The summed E-state index contributed by atoms with van der Waals surface area (Å²) in [6.45, 7) is 0.841. The van der Waals surface area contributed by atoms with E-state index in [0.717, 1.165) is 77.1 Å². The lowest BCUT2D eigenvalue weighted by molar-refractivity contribution is -0.138. The van der Waals surface area contributed by atoms with Crippen LogP contribution in [-0.2, 0) is 11.3 Å². The summed E-state index contributed by atoms with van der Waals surface area (Å²) in [5.41, 5.74) is 6.33. The van der Waals surface area contributed by atoms with Crippen LogP contribution in [0, 0.1) is 0 Å². The Morgan fingerprint density at radius 2 is 1.77 bits per heavy atom. The number of phenols is 1. The van der Waals surface area contributed by atoms with Crippen LogP contribution in [0.4, 0.5) is 17.1 Å². The number of aromatic nitrogens is 1. The van der Waals surface area contributed by atoms with Crippen LogP contribution in [0.5, 0.6) is 5.75 Å². The van der Waals surface area contributed by atoms with E-state index in [2.05, 4.69) is 45.4 Å². The average Bonchev–Trinajstić information content (AvgIpc) is 3.52. The number of pyridine rings is 1. The highest BCUT2D eigenvalue weighted by Gasteiger charge is 2.35. The number of thioether (sulfide) groups is 1. The molecule has 1 atom stereocenters. The van der Waals surface area contributed by atoms with E-state index in [1.165, 1.54) is 5.56 Å². The predicted molar refractivity (Wildman–Crippen MR) is 180 cm³/mol. The first-order valence-corrected chi connectivity index (χ1v) is 16.4. The Labute approximate surface area is 262 Å². The first-order valence-electron chi connectivity index (χ1n) is 14.7. The molecule has 0 bridgehead atoms. The normalized spacial score (nSPS) is 14.3. The van der Waals surface area contributed by atoms with Gasteiger partial charge in [0.15, 0.2) is 0 Å². The third-order valence-corrected chi connectivity index (χ3v) is 9.01. The highest BCUT2D eigenvalue weighted by atomic mass is 35.5. The van der Waals surface area contributed by atoms with E-state index < -0.39 is 12.0 Å². The smallest absolute Gasteiger partial charge is 0.326 e. The van der Waals surface area contributed by atoms with Gasteiger partial charge in [0, 0.05) is 23.7 Å². The number of phenolic OH excluding ortho intramolecular Hbond substituents is 1. The molecule has 0 aliphatic heterocycles. The second kappa shape index (κ2) is 13.9. The second-order valence-corrected chi connectivity index (χ2v) is 12.9. The molecule has 1 fully saturated rings. The third kappa shape index (κ3) is 7.20. The number of carboxylic acids is 1. The van der Waals surface area contributed by atoms with Crippen LogP contribution in [0.1, 0.15) is 37.7 Å². The average molecular weight is 619 g/mol. The summed E-state index contributed by atoms with van der Waals surface area (Å²) in [5.74, 6) is -0.0248. The van der Waals surface area contributed by atoms with Crippen LogP contribution in [0.2, 0.25) is 5.02 Å². The van der Waals surface area contributed by atoms with Crippen LogP contribution >= 0.6 is 23.4 Å². The Morgan fingerprint density at radius 3 is 2.42 bits per heavy atom. The van der Waals surface area contributed by atoms with Crippen molar-refractivity contribution in [1.29, 1.82) is 0 Å². The van der Waals surface area contributed by atoms with Gasteiger partial charge in [-0.15, -0.1) is 0 Å². The van der Waals surface area contributed by atoms with Gasteiger partial charge >= 0.3 is 5.97 Å². The monoisotopic (exact) mass is 618 g/mol. The molecule has 226 valence electrons. The zero-order chi connectivity index (χ0) is 30.5. The maximum atomic E-state index is 12.8. The number of carbonyl (C=O) groups is 1. The first-order chi connectivity index (χ1) is 20.7. The molecule has 0 saturated heterocycles. The van der Waals surface area contributed by atoms with E-state index in [4.69, 9.17) is 16.6 Å². The minimum absolute atomic E-state index is 0.0346. The number of aliphatic carboxylic acids is 1. The SMILES string of the molecule is CSCC[C@@H](C(=O)O)N(c1cnc2ccc(-c3ccc(O)c(Cl)c3)cc2c1Nc1ccc(CN(C)C)cc1)C1CCCC1. The summed E-state index contributed by atoms with van der Waals surface area (Å²) in [5, 5.41) is 25.3. The quantitative estimate of drug-likeness (QED) is 0.147. The van der Waals surface area contributed by atoms with Gasteiger partial charge in [-0.3, -0.25) is 4.98 Å². The molecule has 1 heterocycles. The standard InChI is InChI=1S/C34H39ClN4O3S/c1-38(2)21-22-8-12-25(13-9-22)37-33-27-18-23(24-11-15-32(40)28(35)19-24)10-14-29(27)36-20-31(33)39(26-6-4-5-7-26)30(34(41)42)16-17-43-3/h8-15,18-20,26,30,40H,4-7,16-17,21H2,1-3H3,(H,36,37)(H,41,42)/t30-/m0/s1. The van der Waals surface area contributed by atoms with Crippen molar-refractivity contribution in [3.8, 4) is 16.9 Å². The van der Waals surface area contributed by atoms with Crippen LogP contribution in [0.25, 0.3) is 22.0 Å². The highest BCUT2D eigenvalue weighted by molar-refractivity contribution is 7.98. The van der Waals surface area contributed by atoms with E-state index in [0.29, 0.717) is 6.42 Å². The van der Waals surface area contributed by atoms with Crippen molar-refractivity contribution < 1.29 is 15.0 Å². The minimum Gasteiger partial charge on any atom is -0.506 e. The maximum Gasteiger partial charge on any atom is 0.326 e. The molecule has 0 spiro atoms. The molecular weight excluding hydrogens is 580 g/mol. The summed E-state index contributed by atoms with van der Waals surface area (Å²) in [7, 11) is 4.10. The Bertz CT molecular complexity index is 1570. The van der Waals surface area contributed by atoms with Crippen molar-refractivity contribution >= 4 is 57.3 Å². The molecule has 5 rings (SSSR count). The zero-order valence-electron chi connectivity index (χ0n) is 24.9. The molecule has 43 heavy (non-hydrogen) atoms. The van der Waals surface area contributed by atoms with E-state index >= 15 is 0 Å². The molecule has 4 aromatic rings. The van der Waals surface area contributed by atoms with Gasteiger partial charge in [0.2, 0.25) is 0 Å². The molecule has 9 heteroatoms. The third-order valence-electron chi connectivity index (χ3n) is 8.06. The van der Waals surface area contributed by atoms with Crippen LogP contribution in [0.3, 0.4) is 0 Å². The van der Waals surface area contributed by atoms with Crippen molar-refractivity contribution in [2.75, 3.05) is 36.3 Å². The summed E-state index contributed by atoms with van der Waals surface area (Å²) >= 11 is 7.93. The molecule has 3 aromatic carbocycles. The van der Waals surface area contributed by atoms with Crippen molar-refractivity contribution in [1.82, 2.24) is 9.88 Å². The molecule has 1 aliphatic rings. The Kier molecular flexibility index (Phi) is 10.0. The lowest BCUT2D eigenvalue weighted by Crippen LogP contribution is -2.47. The molecule has 7 nitrogen and oxygen atoms in total. The number of hydrogen-bond acceptors (Lipinski definition) is 7. The van der Waals surface area contributed by atoms with E-state index in [-0.39, 0.29) is 16.8 Å². The fraction of sp³-hybridized carbons (Fsp3) is 0.353. The maximum absolute atomic E-state index is 12.8. The van der Waals surface area contributed by atoms with Crippen molar-refractivity contribution in [2.45, 2.75) is 50.7 Å². The van der Waals surface area contributed by atoms with Gasteiger partial charge in [-0.05, 0) is 98.5 Å². The predicted octanol–water partition coefficient (Wildman–Crippen LogP) is 8.02. The number of anilines is 3. The molecule has 0 amide bonds.